The zero-order valence-electron chi connectivity index (χ0n) is 11.0. The SMILES string of the molecule is CCCOCCCNC(=O)c1cccc(NC)n1. The van der Waals surface area contributed by atoms with Crippen molar-refractivity contribution in [1.82, 2.24) is 10.3 Å². The molecule has 0 aliphatic carbocycles. The quantitative estimate of drug-likeness (QED) is 0.690. The van der Waals surface area contributed by atoms with E-state index in [0.717, 1.165) is 19.4 Å². The Bertz CT molecular complexity index is 369. The summed E-state index contributed by atoms with van der Waals surface area (Å²) in [7, 11) is 1.77. The second-order valence-corrected chi connectivity index (χ2v) is 3.88. The molecule has 1 aromatic rings. The maximum absolute atomic E-state index is 11.8. The van der Waals surface area contributed by atoms with E-state index in [1.807, 2.05) is 6.07 Å². The molecular formula is C13H21N3O2. The number of amides is 1. The van der Waals surface area contributed by atoms with Crippen LogP contribution >= 0.6 is 0 Å². The first-order chi connectivity index (χ1) is 8.77. The Kier molecular flexibility index (Phi) is 6.79. The lowest BCUT2D eigenvalue weighted by Crippen LogP contribution is -2.26. The van der Waals surface area contributed by atoms with Gasteiger partial charge in [-0.25, -0.2) is 4.98 Å². The molecule has 0 aromatic carbocycles. The van der Waals surface area contributed by atoms with Crippen LogP contribution in [0.25, 0.3) is 0 Å². The minimum Gasteiger partial charge on any atom is -0.381 e. The molecule has 0 saturated carbocycles. The molecule has 0 fully saturated rings. The van der Waals surface area contributed by atoms with Gasteiger partial charge < -0.3 is 15.4 Å². The number of nitrogens with one attached hydrogen (secondary N) is 2. The van der Waals surface area contributed by atoms with Crippen LogP contribution in [0.1, 0.15) is 30.3 Å². The molecule has 5 heteroatoms. The number of nitrogens with zero attached hydrogens (tertiary/aromatic N) is 1. The molecule has 0 spiro atoms. The molecule has 0 radical (unpaired) electrons. The molecule has 1 rings (SSSR count). The number of aromatic nitrogens is 1. The van der Waals surface area contributed by atoms with Crippen molar-refractivity contribution >= 4 is 11.7 Å². The first-order valence-corrected chi connectivity index (χ1v) is 6.28. The van der Waals surface area contributed by atoms with E-state index in [4.69, 9.17) is 4.74 Å². The Morgan fingerprint density at radius 2 is 2.22 bits per heavy atom. The molecule has 1 aromatic heterocycles. The van der Waals surface area contributed by atoms with Crippen LogP contribution in [0.2, 0.25) is 0 Å². The highest BCUT2D eigenvalue weighted by Crippen LogP contribution is 2.03. The average Bonchev–Trinajstić information content (AvgIpc) is 2.42. The molecule has 0 aliphatic rings. The Morgan fingerprint density at radius 1 is 1.39 bits per heavy atom. The number of hydrogen-bond donors (Lipinski definition) is 2. The third-order valence-electron chi connectivity index (χ3n) is 2.34. The van der Waals surface area contributed by atoms with Gasteiger partial charge in [-0.05, 0) is 25.0 Å². The molecule has 5 nitrogen and oxygen atoms in total. The van der Waals surface area contributed by atoms with Gasteiger partial charge in [0.2, 0.25) is 0 Å². The number of anilines is 1. The minimum atomic E-state index is -0.150. The smallest absolute Gasteiger partial charge is 0.269 e. The summed E-state index contributed by atoms with van der Waals surface area (Å²) < 4.78 is 5.33. The maximum atomic E-state index is 11.8. The van der Waals surface area contributed by atoms with Crippen LogP contribution in [0, 0.1) is 0 Å². The molecule has 0 unspecified atom stereocenters. The summed E-state index contributed by atoms with van der Waals surface area (Å²) in [5, 5.41) is 5.72. The van der Waals surface area contributed by atoms with Gasteiger partial charge in [0, 0.05) is 26.8 Å². The number of hydrogen-bond acceptors (Lipinski definition) is 4. The first kappa shape index (κ1) is 14.4. The van der Waals surface area contributed by atoms with Crippen molar-refractivity contribution in [3.63, 3.8) is 0 Å². The number of carbonyl (C=O) groups is 1. The zero-order valence-corrected chi connectivity index (χ0v) is 11.0. The van der Waals surface area contributed by atoms with Gasteiger partial charge in [0.1, 0.15) is 11.5 Å². The summed E-state index contributed by atoms with van der Waals surface area (Å²) in [6.07, 6.45) is 1.84. The predicted molar refractivity (Wildman–Crippen MR) is 71.8 cm³/mol. The number of carbonyl (C=O) groups excluding carboxylic acids is 1. The van der Waals surface area contributed by atoms with Crippen molar-refractivity contribution in [2.75, 3.05) is 32.1 Å². The number of rotatable bonds is 8. The highest BCUT2D eigenvalue weighted by atomic mass is 16.5. The standard InChI is InChI=1S/C13H21N3O2/c1-3-9-18-10-5-8-15-13(17)11-6-4-7-12(14-2)16-11/h4,6-7H,3,5,8-10H2,1-2H3,(H,14,16)(H,15,17). The molecule has 1 heterocycles. The van der Waals surface area contributed by atoms with Crippen molar-refractivity contribution < 1.29 is 9.53 Å². The van der Waals surface area contributed by atoms with E-state index in [9.17, 15) is 4.79 Å². The summed E-state index contributed by atoms with van der Waals surface area (Å²) >= 11 is 0. The van der Waals surface area contributed by atoms with Crippen molar-refractivity contribution in [1.29, 1.82) is 0 Å². The van der Waals surface area contributed by atoms with E-state index in [0.29, 0.717) is 24.7 Å². The van der Waals surface area contributed by atoms with E-state index >= 15 is 0 Å². The highest BCUT2D eigenvalue weighted by molar-refractivity contribution is 5.92. The second kappa shape index (κ2) is 8.47. The lowest BCUT2D eigenvalue weighted by molar-refractivity contribution is 0.0936. The lowest BCUT2D eigenvalue weighted by Gasteiger charge is -2.06. The van der Waals surface area contributed by atoms with Crippen LogP contribution in [0.4, 0.5) is 5.82 Å². The van der Waals surface area contributed by atoms with Crippen molar-refractivity contribution in [2.24, 2.45) is 0 Å². The van der Waals surface area contributed by atoms with Gasteiger partial charge in [-0.1, -0.05) is 13.0 Å². The number of ether oxygens (including phenoxy) is 1. The van der Waals surface area contributed by atoms with Gasteiger partial charge >= 0.3 is 0 Å². The average molecular weight is 251 g/mol. The molecule has 0 saturated heterocycles. The van der Waals surface area contributed by atoms with Gasteiger partial charge in [-0.2, -0.15) is 0 Å². The Hall–Kier alpha value is -1.62. The third-order valence-corrected chi connectivity index (χ3v) is 2.34. The molecule has 1 amide bonds. The van der Waals surface area contributed by atoms with Crippen molar-refractivity contribution in [3.05, 3.63) is 23.9 Å². The van der Waals surface area contributed by atoms with E-state index in [1.54, 1.807) is 19.2 Å². The Balaban J connectivity index is 2.27. The predicted octanol–water partition coefficient (Wildman–Crippen LogP) is 1.67. The molecule has 18 heavy (non-hydrogen) atoms. The normalized spacial score (nSPS) is 10.1. The van der Waals surface area contributed by atoms with Crippen molar-refractivity contribution in [3.8, 4) is 0 Å². The third kappa shape index (κ3) is 5.14. The summed E-state index contributed by atoms with van der Waals surface area (Å²) in [6.45, 7) is 4.13. The monoisotopic (exact) mass is 251 g/mol. The van der Waals surface area contributed by atoms with E-state index < -0.39 is 0 Å². The van der Waals surface area contributed by atoms with Crippen molar-refractivity contribution in [2.45, 2.75) is 19.8 Å². The Morgan fingerprint density at radius 3 is 2.94 bits per heavy atom. The van der Waals surface area contributed by atoms with Crippen LogP contribution < -0.4 is 10.6 Å². The molecule has 100 valence electrons. The summed E-state index contributed by atoms with van der Waals surface area (Å²) in [6, 6.07) is 5.32. The lowest BCUT2D eigenvalue weighted by atomic mass is 10.3. The van der Waals surface area contributed by atoms with Gasteiger partial charge in [0.25, 0.3) is 5.91 Å². The van der Waals surface area contributed by atoms with Gasteiger partial charge in [0.15, 0.2) is 0 Å². The summed E-state index contributed by atoms with van der Waals surface area (Å²) in [5.41, 5.74) is 0.427. The van der Waals surface area contributed by atoms with E-state index in [1.165, 1.54) is 0 Å². The van der Waals surface area contributed by atoms with Crippen LogP contribution in [0.3, 0.4) is 0 Å². The maximum Gasteiger partial charge on any atom is 0.269 e. The van der Waals surface area contributed by atoms with Crippen LogP contribution in [-0.4, -0.2) is 37.7 Å². The summed E-state index contributed by atoms with van der Waals surface area (Å²) in [5.74, 6) is 0.538. The van der Waals surface area contributed by atoms with Crippen LogP contribution in [-0.2, 0) is 4.74 Å². The minimum absolute atomic E-state index is 0.150. The molecule has 0 aliphatic heterocycles. The van der Waals surface area contributed by atoms with E-state index in [-0.39, 0.29) is 5.91 Å². The first-order valence-electron chi connectivity index (χ1n) is 6.28. The topological polar surface area (TPSA) is 63.2 Å². The van der Waals surface area contributed by atoms with Gasteiger partial charge in [-0.15, -0.1) is 0 Å². The van der Waals surface area contributed by atoms with Crippen LogP contribution in [0.5, 0.6) is 0 Å². The fourth-order valence-electron chi connectivity index (χ4n) is 1.41. The molecule has 0 bridgehead atoms. The summed E-state index contributed by atoms with van der Waals surface area (Å²) in [4.78, 5) is 15.9. The van der Waals surface area contributed by atoms with Crippen LogP contribution in [0.15, 0.2) is 18.2 Å². The number of pyridine rings is 1. The zero-order chi connectivity index (χ0) is 13.2. The fraction of sp³-hybridized carbons (Fsp3) is 0.538. The van der Waals surface area contributed by atoms with Gasteiger partial charge in [0.05, 0.1) is 0 Å². The largest absolute Gasteiger partial charge is 0.381 e. The van der Waals surface area contributed by atoms with E-state index in [2.05, 4.69) is 22.5 Å². The second-order valence-electron chi connectivity index (χ2n) is 3.88. The molecular weight excluding hydrogens is 230 g/mol. The molecule has 2 N–H and O–H groups in total. The van der Waals surface area contributed by atoms with Gasteiger partial charge in [-0.3, -0.25) is 4.79 Å². The fourth-order valence-corrected chi connectivity index (χ4v) is 1.41. The molecule has 0 atom stereocenters. The Labute approximate surface area is 108 Å². The highest BCUT2D eigenvalue weighted by Gasteiger charge is 2.06.